The van der Waals surface area contributed by atoms with Gasteiger partial charge < -0.3 is 24.8 Å². The molecule has 188 valence electrons. The van der Waals surface area contributed by atoms with Gasteiger partial charge >= 0.3 is 5.97 Å². The van der Waals surface area contributed by atoms with Crippen LogP contribution in [0.5, 0.6) is 5.75 Å². The molecule has 2 aliphatic rings. The summed E-state index contributed by atoms with van der Waals surface area (Å²) in [6.07, 6.45) is 2.76. The Kier molecular flexibility index (Phi) is 8.97. The van der Waals surface area contributed by atoms with E-state index in [4.69, 9.17) is 9.47 Å². The van der Waals surface area contributed by atoms with Crippen molar-refractivity contribution in [1.29, 1.82) is 0 Å². The molecule has 0 saturated carbocycles. The Morgan fingerprint density at radius 3 is 2.49 bits per heavy atom. The monoisotopic (exact) mass is 481 g/mol. The lowest BCUT2D eigenvalue weighted by molar-refractivity contribution is -0.136. The number of rotatable bonds is 5. The second-order valence-corrected chi connectivity index (χ2v) is 9.18. The maximum atomic E-state index is 12.7. The molecule has 8 nitrogen and oxygen atoms in total. The van der Waals surface area contributed by atoms with E-state index in [1.165, 1.54) is 5.69 Å². The number of hydrogen-bond acceptors (Lipinski definition) is 6. The van der Waals surface area contributed by atoms with Crippen LogP contribution in [-0.4, -0.2) is 67.9 Å². The summed E-state index contributed by atoms with van der Waals surface area (Å²) in [5.74, 6) is -0.114. The van der Waals surface area contributed by atoms with Crippen molar-refractivity contribution in [3.05, 3.63) is 59.2 Å². The van der Waals surface area contributed by atoms with E-state index >= 15 is 0 Å². The summed E-state index contributed by atoms with van der Waals surface area (Å²) < 4.78 is 11.5. The number of ether oxygens (including phenoxy) is 2. The van der Waals surface area contributed by atoms with Crippen molar-refractivity contribution in [1.82, 2.24) is 10.2 Å². The molecule has 0 unspecified atom stereocenters. The van der Waals surface area contributed by atoms with Gasteiger partial charge in [-0.2, -0.15) is 0 Å². The Balaban J connectivity index is 1.54. The van der Waals surface area contributed by atoms with Crippen molar-refractivity contribution in [3.8, 4) is 5.75 Å². The van der Waals surface area contributed by atoms with Crippen molar-refractivity contribution < 1.29 is 24.2 Å². The first-order chi connectivity index (χ1) is 17.1. The summed E-state index contributed by atoms with van der Waals surface area (Å²) in [5, 5.41) is 12.3. The Morgan fingerprint density at radius 1 is 0.943 bits per heavy atom. The van der Waals surface area contributed by atoms with Crippen molar-refractivity contribution in [3.63, 3.8) is 0 Å². The molecule has 8 heteroatoms. The highest BCUT2D eigenvalue weighted by Gasteiger charge is 2.17. The summed E-state index contributed by atoms with van der Waals surface area (Å²) in [7, 11) is 0. The first-order valence-corrected chi connectivity index (χ1v) is 12.4. The van der Waals surface area contributed by atoms with Crippen LogP contribution in [0.1, 0.15) is 36.0 Å². The molecular formula is C27H35N3O5. The minimum atomic E-state index is -0.868. The number of nitrogens with zero attached hydrogens (tertiary/aromatic N) is 2. The van der Waals surface area contributed by atoms with Gasteiger partial charge in [0.1, 0.15) is 5.75 Å². The number of carboxylic acid groups (broad SMARTS) is 1. The highest BCUT2D eigenvalue weighted by Crippen LogP contribution is 2.25. The third kappa shape index (κ3) is 7.70. The Hall–Kier alpha value is -3.10. The number of aliphatic carboxylic acids is 1. The van der Waals surface area contributed by atoms with Crippen molar-refractivity contribution >= 4 is 17.6 Å². The number of hydrogen-bond donors (Lipinski definition) is 2. The van der Waals surface area contributed by atoms with Gasteiger partial charge in [-0.05, 0) is 48.6 Å². The smallest absolute Gasteiger partial charge is 0.307 e. The predicted octanol–water partition coefficient (Wildman–Crippen LogP) is 2.83. The molecule has 0 atom stereocenters. The summed E-state index contributed by atoms with van der Waals surface area (Å²) in [4.78, 5) is 28.4. The fourth-order valence-corrected chi connectivity index (χ4v) is 4.56. The fraction of sp³-hybridized carbons (Fsp3) is 0.481. The van der Waals surface area contributed by atoms with Crippen LogP contribution in [0.15, 0.2) is 42.5 Å². The van der Waals surface area contributed by atoms with Gasteiger partial charge in [-0.25, -0.2) is 0 Å². The number of carbonyl (C=O) groups excluding carboxylic acids is 1. The van der Waals surface area contributed by atoms with E-state index in [2.05, 4.69) is 39.4 Å². The molecule has 4 rings (SSSR count). The number of anilines is 1. The summed E-state index contributed by atoms with van der Waals surface area (Å²) in [6, 6.07) is 14.1. The highest BCUT2D eigenvalue weighted by molar-refractivity contribution is 5.78. The lowest BCUT2D eigenvalue weighted by atomic mass is 10.1. The van der Waals surface area contributed by atoms with Crippen LogP contribution in [0.4, 0.5) is 5.69 Å². The van der Waals surface area contributed by atoms with E-state index in [0.29, 0.717) is 26.2 Å². The van der Waals surface area contributed by atoms with Gasteiger partial charge in [0.2, 0.25) is 5.91 Å². The molecule has 2 heterocycles. The van der Waals surface area contributed by atoms with Crippen molar-refractivity contribution in [2.24, 2.45) is 0 Å². The molecule has 0 aliphatic carbocycles. The number of carbonyl (C=O) groups is 2. The molecule has 0 radical (unpaired) electrons. The fourth-order valence-electron chi connectivity index (χ4n) is 4.56. The minimum absolute atomic E-state index is 0.00153. The largest absolute Gasteiger partial charge is 0.493 e. The average molecular weight is 482 g/mol. The zero-order valence-corrected chi connectivity index (χ0v) is 20.2. The first kappa shape index (κ1) is 25.0. The molecule has 0 aromatic heterocycles. The number of amides is 1. The van der Waals surface area contributed by atoms with Crippen LogP contribution in [-0.2, 0) is 33.8 Å². The van der Waals surface area contributed by atoms with Crippen molar-refractivity contribution in [2.45, 2.75) is 38.8 Å². The standard InChI is InChI=1S/C27H35N3O5/c31-26-20-29(18-21-4-7-24(8-5-21)30-11-14-34-15-12-30)19-23-16-22(17-27(32)33)6-9-25(23)35-13-3-1-2-10-28-26/h4-9,16H,1-3,10-15,17-20H2,(H,28,31)(H,32,33). The van der Waals surface area contributed by atoms with Crippen LogP contribution >= 0.6 is 0 Å². The van der Waals surface area contributed by atoms with E-state index in [0.717, 1.165) is 68.0 Å². The van der Waals surface area contributed by atoms with Crippen LogP contribution in [0.25, 0.3) is 0 Å². The zero-order chi connectivity index (χ0) is 24.5. The number of carboxylic acids is 1. The lowest BCUT2D eigenvalue weighted by Gasteiger charge is -2.29. The van der Waals surface area contributed by atoms with Gasteiger partial charge in [0.15, 0.2) is 0 Å². The minimum Gasteiger partial charge on any atom is -0.493 e. The quantitative estimate of drug-likeness (QED) is 0.679. The lowest BCUT2D eigenvalue weighted by Crippen LogP contribution is -2.37. The van der Waals surface area contributed by atoms with Crippen LogP contribution in [0.3, 0.4) is 0 Å². The SMILES string of the molecule is O=C(O)Cc1ccc2c(c1)CN(Cc1ccc(N3CCOCC3)cc1)CC(=O)NCCCCCO2. The Morgan fingerprint density at radius 2 is 1.71 bits per heavy atom. The number of benzene rings is 2. The number of fused-ring (bicyclic) bond motifs is 1. The Bertz CT molecular complexity index is 989. The third-order valence-electron chi connectivity index (χ3n) is 6.36. The Labute approximate surface area is 206 Å². The second kappa shape index (κ2) is 12.6. The maximum absolute atomic E-state index is 12.7. The zero-order valence-electron chi connectivity index (χ0n) is 20.2. The first-order valence-electron chi connectivity index (χ1n) is 12.4. The van der Waals surface area contributed by atoms with Gasteiger partial charge in [-0.15, -0.1) is 0 Å². The third-order valence-corrected chi connectivity index (χ3v) is 6.36. The molecule has 0 bridgehead atoms. The van der Waals surface area contributed by atoms with Crippen molar-refractivity contribution in [2.75, 3.05) is 50.9 Å². The van der Waals surface area contributed by atoms with E-state index in [9.17, 15) is 14.7 Å². The van der Waals surface area contributed by atoms with Gasteiger partial charge in [-0.1, -0.05) is 24.3 Å². The molecule has 35 heavy (non-hydrogen) atoms. The average Bonchev–Trinajstić information content (AvgIpc) is 2.86. The summed E-state index contributed by atoms with van der Waals surface area (Å²) in [6.45, 7) is 5.88. The van der Waals surface area contributed by atoms with E-state index in [1.807, 2.05) is 18.2 Å². The van der Waals surface area contributed by atoms with Gasteiger partial charge in [0.25, 0.3) is 0 Å². The highest BCUT2D eigenvalue weighted by atomic mass is 16.5. The predicted molar refractivity (Wildman–Crippen MR) is 134 cm³/mol. The molecular weight excluding hydrogens is 446 g/mol. The molecule has 0 spiro atoms. The molecule has 2 aliphatic heterocycles. The molecule has 1 amide bonds. The molecule has 2 aromatic rings. The number of morpholine rings is 1. The van der Waals surface area contributed by atoms with E-state index < -0.39 is 5.97 Å². The van der Waals surface area contributed by atoms with Gasteiger partial charge in [0.05, 0.1) is 32.8 Å². The normalized spacial score (nSPS) is 18.3. The molecule has 1 fully saturated rings. The molecule has 2 aromatic carbocycles. The molecule has 1 saturated heterocycles. The van der Waals surface area contributed by atoms with Gasteiger partial charge in [0, 0.05) is 44.0 Å². The van der Waals surface area contributed by atoms with Gasteiger partial charge in [-0.3, -0.25) is 14.5 Å². The second-order valence-electron chi connectivity index (χ2n) is 9.18. The topological polar surface area (TPSA) is 91.3 Å². The van der Waals surface area contributed by atoms with Crippen LogP contribution in [0.2, 0.25) is 0 Å². The number of nitrogens with one attached hydrogen (secondary N) is 1. The van der Waals surface area contributed by atoms with E-state index in [1.54, 1.807) is 0 Å². The van der Waals surface area contributed by atoms with Crippen LogP contribution < -0.4 is 15.0 Å². The van der Waals surface area contributed by atoms with Crippen LogP contribution in [0, 0.1) is 0 Å². The summed E-state index contributed by atoms with van der Waals surface area (Å²) in [5.41, 5.74) is 3.92. The van der Waals surface area contributed by atoms with E-state index in [-0.39, 0.29) is 18.9 Å². The maximum Gasteiger partial charge on any atom is 0.307 e. The summed E-state index contributed by atoms with van der Waals surface area (Å²) >= 11 is 0. The molecule has 2 N–H and O–H groups in total.